The second-order valence-corrected chi connectivity index (χ2v) is 9.24. The van der Waals surface area contributed by atoms with Crippen molar-refractivity contribution in [3.63, 3.8) is 0 Å². The number of benzene rings is 2. The normalized spacial score (nSPS) is 18.4. The molecule has 36 heavy (non-hydrogen) atoms. The summed E-state index contributed by atoms with van der Waals surface area (Å²) in [5, 5.41) is 22.1. The predicted molar refractivity (Wildman–Crippen MR) is 133 cm³/mol. The quantitative estimate of drug-likeness (QED) is 0.306. The molecule has 1 atom stereocenters. The molecule has 1 heterocycles. The number of carbonyl (C=O) groups is 3. The molecule has 1 aliphatic carbocycles. The zero-order valence-corrected chi connectivity index (χ0v) is 19.8. The number of carboxylic acid groups (broad SMARTS) is 2. The molecule has 0 bridgehead atoms. The van der Waals surface area contributed by atoms with Crippen LogP contribution in [0.4, 0.5) is 0 Å². The van der Waals surface area contributed by atoms with E-state index in [4.69, 9.17) is 10.8 Å². The number of amides is 1. The van der Waals surface area contributed by atoms with Gasteiger partial charge >= 0.3 is 11.9 Å². The molecule has 9 nitrogen and oxygen atoms in total. The fourth-order valence-corrected chi connectivity index (χ4v) is 4.71. The first kappa shape index (κ1) is 25.1. The lowest BCUT2D eigenvalue weighted by Gasteiger charge is -2.28. The molecular weight excluding hydrogens is 460 g/mol. The van der Waals surface area contributed by atoms with Crippen molar-refractivity contribution in [3.8, 4) is 11.3 Å². The van der Waals surface area contributed by atoms with Crippen LogP contribution in [0.15, 0.2) is 54.6 Å². The highest BCUT2D eigenvalue weighted by atomic mass is 16.4. The maximum atomic E-state index is 13.2. The van der Waals surface area contributed by atoms with Crippen molar-refractivity contribution in [2.24, 2.45) is 17.6 Å². The van der Waals surface area contributed by atoms with E-state index in [0.717, 1.165) is 31.2 Å². The fraction of sp³-hybridized carbons (Fsp3) is 0.333. The predicted octanol–water partition coefficient (Wildman–Crippen LogP) is 3.64. The first-order chi connectivity index (χ1) is 17.4. The SMILES string of the molecule is NCC1CCC(C(=O)N[C@@H](Cc2ccccc2)c2nc(-c3ccc(C(=O)O)cc3)c(C(=O)O)[nH]2)CC1. The van der Waals surface area contributed by atoms with E-state index in [-0.39, 0.29) is 28.8 Å². The highest BCUT2D eigenvalue weighted by molar-refractivity contribution is 5.94. The molecule has 1 amide bonds. The van der Waals surface area contributed by atoms with Crippen LogP contribution in [0, 0.1) is 11.8 Å². The Kier molecular flexibility index (Phi) is 7.80. The molecule has 6 N–H and O–H groups in total. The minimum atomic E-state index is -1.20. The second kappa shape index (κ2) is 11.2. The summed E-state index contributed by atoms with van der Waals surface area (Å²) >= 11 is 0. The number of aromatic amines is 1. The number of aromatic carboxylic acids is 2. The van der Waals surface area contributed by atoms with Crippen molar-refractivity contribution >= 4 is 17.8 Å². The van der Waals surface area contributed by atoms with Crippen LogP contribution in [0.5, 0.6) is 0 Å². The van der Waals surface area contributed by atoms with Crippen LogP contribution in [0.1, 0.15) is 64.0 Å². The molecule has 2 aromatic carbocycles. The maximum Gasteiger partial charge on any atom is 0.354 e. The number of carbonyl (C=O) groups excluding carboxylic acids is 1. The van der Waals surface area contributed by atoms with Crippen LogP contribution in [0.25, 0.3) is 11.3 Å². The van der Waals surface area contributed by atoms with Crippen LogP contribution < -0.4 is 11.1 Å². The lowest BCUT2D eigenvalue weighted by molar-refractivity contribution is -0.127. The molecule has 0 unspecified atom stereocenters. The van der Waals surface area contributed by atoms with Gasteiger partial charge < -0.3 is 26.2 Å². The molecule has 1 aliphatic rings. The molecule has 0 radical (unpaired) electrons. The molecule has 1 aromatic heterocycles. The van der Waals surface area contributed by atoms with Gasteiger partial charge in [-0.15, -0.1) is 0 Å². The Morgan fingerprint density at radius 2 is 1.64 bits per heavy atom. The van der Waals surface area contributed by atoms with Crippen LogP contribution >= 0.6 is 0 Å². The summed E-state index contributed by atoms with van der Waals surface area (Å²) in [5.41, 5.74) is 7.37. The number of imidazole rings is 1. The lowest BCUT2D eigenvalue weighted by Crippen LogP contribution is -2.37. The van der Waals surface area contributed by atoms with Gasteiger partial charge in [0, 0.05) is 11.5 Å². The van der Waals surface area contributed by atoms with Gasteiger partial charge in [0.25, 0.3) is 0 Å². The minimum absolute atomic E-state index is 0.0768. The number of hydrogen-bond donors (Lipinski definition) is 5. The fourth-order valence-electron chi connectivity index (χ4n) is 4.71. The topological polar surface area (TPSA) is 158 Å². The Labute approximate surface area is 208 Å². The van der Waals surface area contributed by atoms with Crippen LogP contribution in [-0.2, 0) is 11.2 Å². The van der Waals surface area contributed by atoms with Crippen molar-refractivity contribution in [1.82, 2.24) is 15.3 Å². The van der Waals surface area contributed by atoms with Crippen molar-refractivity contribution < 1.29 is 24.6 Å². The van der Waals surface area contributed by atoms with Crippen LogP contribution in [0.2, 0.25) is 0 Å². The maximum absolute atomic E-state index is 13.2. The van der Waals surface area contributed by atoms with E-state index in [0.29, 0.717) is 30.3 Å². The Morgan fingerprint density at radius 3 is 2.22 bits per heavy atom. The van der Waals surface area contributed by atoms with E-state index in [1.165, 1.54) is 24.3 Å². The summed E-state index contributed by atoms with van der Waals surface area (Å²) in [6.45, 7) is 0.631. The first-order valence-electron chi connectivity index (χ1n) is 12.1. The molecule has 3 aromatic rings. The van der Waals surface area contributed by atoms with Gasteiger partial charge in [-0.1, -0.05) is 42.5 Å². The van der Waals surface area contributed by atoms with Gasteiger partial charge in [0.1, 0.15) is 11.5 Å². The van der Waals surface area contributed by atoms with Crippen molar-refractivity contribution in [3.05, 3.63) is 77.2 Å². The van der Waals surface area contributed by atoms with E-state index in [2.05, 4.69) is 15.3 Å². The van der Waals surface area contributed by atoms with Crippen LogP contribution in [0.3, 0.4) is 0 Å². The lowest BCUT2D eigenvalue weighted by atomic mass is 9.81. The van der Waals surface area contributed by atoms with E-state index >= 15 is 0 Å². The molecule has 4 rings (SSSR count). The van der Waals surface area contributed by atoms with Crippen molar-refractivity contribution in [1.29, 1.82) is 0 Å². The van der Waals surface area contributed by atoms with Crippen molar-refractivity contribution in [2.75, 3.05) is 6.54 Å². The zero-order chi connectivity index (χ0) is 25.7. The molecule has 1 saturated carbocycles. The summed E-state index contributed by atoms with van der Waals surface area (Å²) in [6, 6.07) is 14.9. The third kappa shape index (κ3) is 5.80. The monoisotopic (exact) mass is 490 g/mol. The average molecular weight is 491 g/mol. The summed E-state index contributed by atoms with van der Waals surface area (Å²) in [4.78, 5) is 43.9. The van der Waals surface area contributed by atoms with Crippen LogP contribution in [-0.4, -0.2) is 44.6 Å². The standard InChI is InChI=1S/C27H30N4O5/c28-15-17-6-8-19(9-7-17)25(32)29-21(14-16-4-2-1-3-5-16)24-30-22(23(31-24)27(35)36)18-10-12-20(13-11-18)26(33)34/h1-5,10-13,17,19,21H,6-9,14-15,28H2,(H,29,32)(H,30,31)(H,33,34)(H,35,36)/t17?,19?,21-/m0/s1. The van der Waals surface area contributed by atoms with Gasteiger partial charge in [0.2, 0.25) is 5.91 Å². The van der Waals surface area contributed by atoms with Crippen molar-refractivity contribution in [2.45, 2.75) is 38.1 Å². The van der Waals surface area contributed by atoms with Gasteiger partial charge in [0.15, 0.2) is 5.69 Å². The van der Waals surface area contributed by atoms with Gasteiger partial charge in [-0.3, -0.25) is 4.79 Å². The number of nitrogens with one attached hydrogen (secondary N) is 2. The van der Waals surface area contributed by atoms with E-state index in [9.17, 15) is 19.5 Å². The number of hydrogen-bond acceptors (Lipinski definition) is 5. The van der Waals surface area contributed by atoms with Gasteiger partial charge in [0.05, 0.1) is 11.6 Å². The van der Waals surface area contributed by atoms with E-state index in [1.54, 1.807) is 0 Å². The highest BCUT2D eigenvalue weighted by Crippen LogP contribution is 2.30. The molecule has 0 saturated heterocycles. The Bertz CT molecular complexity index is 1210. The van der Waals surface area contributed by atoms with E-state index < -0.39 is 18.0 Å². The number of carboxylic acids is 2. The average Bonchev–Trinajstić information content (AvgIpc) is 3.35. The number of nitrogens with zero attached hydrogens (tertiary/aromatic N) is 1. The Morgan fingerprint density at radius 1 is 0.972 bits per heavy atom. The van der Waals surface area contributed by atoms with Gasteiger partial charge in [-0.2, -0.15) is 0 Å². The highest BCUT2D eigenvalue weighted by Gasteiger charge is 2.29. The molecule has 1 fully saturated rings. The smallest absolute Gasteiger partial charge is 0.354 e. The largest absolute Gasteiger partial charge is 0.478 e. The van der Waals surface area contributed by atoms with E-state index in [1.807, 2.05) is 30.3 Å². The second-order valence-electron chi connectivity index (χ2n) is 9.24. The number of H-pyrrole nitrogens is 1. The molecule has 9 heteroatoms. The number of rotatable bonds is 9. The Hall–Kier alpha value is -3.98. The third-order valence-electron chi connectivity index (χ3n) is 6.82. The summed E-state index contributed by atoms with van der Waals surface area (Å²) in [7, 11) is 0. The zero-order valence-electron chi connectivity index (χ0n) is 19.8. The number of nitrogens with two attached hydrogens (primary N) is 1. The summed E-state index contributed by atoms with van der Waals surface area (Å²) < 4.78 is 0. The molecule has 0 spiro atoms. The minimum Gasteiger partial charge on any atom is -0.478 e. The first-order valence-corrected chi connectivity index (χ1v) is 12.1. The molecule has 188 valence electrons. The Balaban J connectivity index is 1.64. The van der Waals surface area contributed by atoms with Gasteiger partial charge in [-0.05, 0) is 62.3 Å². The molecule has 0 aliphatic heterocycles. The molecular formula is C27H30N4O5. The third-order valence-corrected chi connectivity index (χ3v) is 6.82. The summed E-state index contributed by atoms with van der Waals surface area (Å²) in [6.07, 6.45) is 3.79. The summed E-state index contributed by atoms with van der Waals surface area (Å²) in [5.74, 6) is -1.69. The van der Waals surface area contributed by atoms with Gasteiger partial charge in [-0.25, -0.2) is 14.6 Å². The number of aromatic nitrogens is 2.